The lowest BCUT2D eigenvalue weighted by Gasteiger charge is -2.16. The van der Waals surface area contributed by atoms with Gasteiger partial charge in [0.25, 0.3) is 0 Å². The van der Waals surface area contributed by atoms with Gasteiger partial charge in [0.05, 0.1) is 19.7 Å². The van der Waals surface area contributed by atoms with Crippen LogP contribution in [0.3, 0.4) is 0 Å². The van der Waals surface area contributed by atoms with E-state index >= 15 is 0 Å². The molecule has 86 valence electrons. The fraction of sp³-hybridized carbons (Fsp3) is 0.800. The van der Waals surface area contributed by atoms with Gasteiger partial charge in [-0.15, -0.1) is 0 Å². The fourth-order valence-corrected chi connectivity index (χ4v) is 1.56. The number of ether oxygens (including phenoxy) is 1. The molecule has 0 aromatic heterocycles. The van der Waals surface area contributed by atoms with Crippen LogP contribution in [0.4, 0.5) is 0 Å². The Morgan fingerprint density at radius 2 is 2.20 bits per heavy atom. The van der Waals surface area contributed by atoms with Crippen molar-refractivity contribution in [2.75, 3.05) is 40.4 Å². The number of amides is 1. The predicted octanol–water partition coefficient (Wildman–Crippen LogP) is -0.730. The van der Waals surface area contributed by atoms with Crippen molar-refractivity contribution in [2.45, 2.75) is 6.42 Å². The maximum atomic E-state index is 11.7. The van der Waals surface area contributed by atoms with Gasteiger partial charge in [0, 0.05) is 19.6 Å². The van der Waals surface area contributed by atoms with Crippen LogP contribution < -0.4 is 5.32 Å². The van der Waals surface area contributed by atoms with E-state index in [1.807, 2.05) is 0 Å². The highest BCUT2D eigenvalue weighted by atomic mass is 16.5. The molecule has 15 heavy (non-hydrogen) atoms. The van der Waals surface area contributed by atoms with Crippen LogP contribution in [0.25, 0.3) is 0 Å². The molecule has 0 spiro atoms. The molecule has 1 N–H and O–H groups in total. The molecule has 0 radical (unpaired) electrons. The van der Waals surface area contributed by atoms with Crippen LogP contribution in [0.2, 0.25) is 0 Å². The highest BCUT2D eigenvalue weighted by Gasteiger charge is 2.24. The molecule has 0 saturated carbocycles. The minimum Gasteiger partial charge on any atom is -0.381 e. The zero-order valence-corrected chi connectivity index (χ0v) is 9.28. The van der Waals surface area contributed by atoms with E-state index in [1.54, 1.807) is 19.0 Å². The van der Waals surface area contributed by atoms with Crippen LogP contribution in [-0.2, 0) is 14.3 Å². The van der Waals surface area contributed by atoms with Crippen molar-refractivity contribution in [3.63, 3.8) is 0 Å². The third-order valence-electron chi connectivity index (χ3n) is 2.50. The fourth-order valence-electron chi connectivity index (χ4n) is 1.56. The van der Waals surface area contributed by atoms with Gasteiger partial charge in [0.1, 0.15) is 0 Å². The molecular weight excluding hydrogens is 196 g/mol. The van der Waals surface area contributed by atoms with Crippen molar-refractivity contribution in [3.8, 4) is 0 Å². The molecule has 1 unspecified atom stereocenters. The first-order chi connectivity index (χ1) is 7.13. The molecule has 1 fully saturated rings. The zero-order valence-electron chi connectivity index (χ0n) is 9.28. The van der Waals surface area contributed by atoms with Gasteiger partial charge in [-0.2, -0.15) is 0 Å². The maximum Gasteiger partial charge on any atom is 0.233 e. The summed E-state index contributed by atoms with van der Waals surface area (Å²) in [5, 5.41) is 2.52. The topological polar surface area (TPSA) is 58.6 Å². The molecule has 1 aliphatic heterocycles. The SMILES string of the molecule is CNC(=O)CN(C)CC(=O)C1CCOC1. The van der Waals surface area contributed by atoms with E-state index in [0.717, 1.165) is 6.42 Å². The van der Waals surface area contributed by atoms with Gasteiger partial charge in [-0.05, 0) is 13.5 Å². The summed E-state index contributed by atoms with van der Waals surface area (Å²) in [7, 11) is 3.35. The van der Waals surface area contributed by atoms with Gasteiger partial charge in [-0.1, -0.05) is 0 Å². The number of carbonyl (C=O) groups excluding carboxylic acids is 2. The Morgan fingerprint density at radius 1 is 1.47 bits per heavy atom. The predicted molar refractivity (Wildman–Crippen MR) is 55.5 cm³/mol. The van der Waals surface area contributed by atoms with Crippen molar-refractivity contribution < 1.29 is 14.3 Å². The van der Waals surface area contributed by atoms with E-state index in [1.165, 1.54) is 0 Å². The number of nitrogens with zero attached hydrogens (tertiary/aromatic N) is 1. The second kappa shape index (κ2) is 5.82. The summed E-state index contributed by atoms with van der Waals surface area (Å²) in [4.78, 5) is 24.4. The maximum absolute atomic E-state index is 11.7. The van der Waals surface area contributed by atoms with E-state index in [9.17, 15) is 9.59 Å². The first-order valence-corrected chi connectivity index (χ1v) is 5.13. The summed E-state index contributed by atoms with van der Waals surface area (Å²) >= 11 is 0. The molecule has 0 aliphatic carbocycles. The van der Waals surface area contributed by atoms with Gasteiger partial charge < -0.3 is 10.1 Å². The first kappa shape index (κ1) is 12.1. The number of hydrogen-bond acceptors (Lipinski definition) is 4. The lowest BCUT2D eigenvalue weighted by molar-refractivity contribution is -0.125. The van der Waals surface area contributed by atoms with Crippen molar-refractivity contribution in [1.29, 1.82) is 0 Å². The van der Waals surface area contributed by atoms with Crippen LogP contribution >= 0.6 is 0 Å². The largest absolute Gasteiger partial charge is 0.381 e. The minimum absolute atomic E-state index is 0.0251. The van der Waals surface area contributed by atoms with Crippen molar-refractivity contribution >= 4 is 11.7 Å². The summed E-state index contributed by atoms with van der Waals surface area (Å²) in [5.41, 5.74) is 0. The molecule has 1 atom stereocenters. The summed E-state index contributed by atoms with van der Waals surface area (Å²) in [5.74, 6) is 0.115. The number of nitrogens with one attached hydrogen (secondary N) is 1. The van der Waals surface area contributed by atoms with Crippen LogP contribution in [0.1, 0.15) is 6.42 Å². The number of hydrogen-bond donors (Lipinski definition) is 1. The van der Waals surface area contributed by atoms with Crippen LogP contribution in [0.5, 0.6) is 0 Å². The summed E-state index contributed by atoms with van der Waals surface area (Å²) in [6.07, 6.45) is 0.812. The molecular formula is C10H18N2O3. The number of likely N-dealkylation sites (N-methyl/N-ethyl adjacent to an activating group) is 2. The lowest BCUT2D eigenvalue weighted by atomic mass is 10.0. The van der Waals surface area contributed by atoms with Gasteiger partial charge in [0.2, 0.25) is 5.91 Å². The smallest absolute Gasteiger partial charge is 0.233 e. The Balaban J connectivity index is 2.27. The van der Waals surface area contributed by atoms with Crippen molar-refractivity contribution in [2.24, 2.45) is 5.92 Å². The molecule has 1 aliphatic rings. The highest BCUT2D eigenvalue weighted by Crippen LogP contribution is 2.13. The molecule has 5 heteroatoms. The zero-order chi connectivity index (χ0) is 11.3. The van der Waals surface area contributed by atoms with Crippen molar-refractivity contribution in [3.05, 3.63) is 0 Å². The van der Waals surface area contributed by atoms with E-state index in [0.29, 0.717) is 19.8 Å². The molecule has 0 bridgehead atoms. The van der Waals surface area contributed by atoms with Gasteiger partial charge in [-0.3, -0.25) is 14.5 Å². The average Bonchev–Trinajstić information content (AvgIpc) is 2.70. The third-order valence-corrected chi connectivity index (χ3v) is 2.50. The molecule has 1 amide bonds. The second-order valence-corrected chi connectivity index (χ2v) is 3.87. The number of rotatable bonds is 5. The molecule has 0 aromatic rings. The summed E-state index contributed by atoms with van der Waals surface area (Å²) in [6.45, 7) is 1.79. The Morgan fingerprint density at radius 3 is 2.73 bits per heavy atom. The lowest BCUT2D eigenvalue weighted by Crippen LogP contribution is -2.37. The third kappa shape index (κ3) is 3.97. The molecule has 5 nitrogen and oxygen atoms in total. The molecule has 1 rings (SSSR count). The van der Waals surface area contributed by atoms with Gasteiger partial charge in [0.15, 0.2) is 5.78 Å². The summed E-state index contributed by atoms with van der Waals surface area (Å²) < 4.78 is 5.14. The Labute approximate surface area is 89.8 Å². The molecule has 0 aromatic carbocycles. The second-order valence-electron chi connectivity index (χ2n) is 3.87. The Kier molecular flexibility index (Phi) is 4.71. The number of carbonyl (C=O) groups is 2. The quantitative estimate of drug-likeness (QED) is 0.655. The highest BCUT2D eigenvalue weighted by molar-refractivity contribution is 5.84. The summed E-state index contributed by atoms with van der Waals surface area (Å²) in [6, 6.07) is 0. The number of Topliss-reactive ketones (excluding diaryl/α,β-unsaturated/α-hetero) is 1. The standard InChI is InChI=1S/C10H18N2O3/c1-11-10(14)6-12(2)5-9(13)8-3-4-15-7-8/h8H,3-7H2,1-2H3,(H,11,14). The Bertz CT molecular complexity index is 237. The monoisotopic (exact) mass is 214 g/mol. The van der Waals surface area contributed by atoms with Gasteiger partial charge >= 0.3 is 0 Å². The van der Waals surface area contributed by atoms with Crippen LogP contribution in [0.15, 0.2) is 0 Å². The molecule has 1 heterocycles. The van der Waals surface area contributed by atoms with E-state index in [2.05, 4.69) is 5.32 Å². The normalized spacial score (nSPS) is 20.6. The number of ketones is 1. The first-order valence-electron chi connectivity index (χ1n) is 5.13. The minimum atomic E-state index is -0.0760. The van der Waals surface area contributed by atoms with Gasteiger partial charge in [-0.25, -0.2) is 0 Å². The molecule has 1 saturated heterocycles. The van der Waals surface area contributed by atoms with Crippen molar-refractivity contribution in [1.82, 2.24) is 10.2 Å². The van der Waals surface area contributed by atoms with E-state index in [4.69, 9.17) is 4.74 Å². The average molecular weight is 214 g/mol. The van der Waals surface area contributed by atoms with E-state index < -0.39 is 0 Å². The van der Waals surface area contributed by atoms with Crippen LogP contribution in [-0.4, -0.2) is 57.0 Å². The van der Waals surface area contributed by atoms with Crippen LogP contribution in [0, 0.1) is 5.92 Å². The van der Waals surface area contributed by atoms with E-state index in [-0.39, 0.29) is 24.2 Å². The Hall–Kier alpha value is -0.940.